The number of halogens is 1. The topological polar surface area (TPSA) is 70.2 Å². The van der Waals surface area contributed by atoms with Gasteiger partial charge in [-0.3, -0.25) is 4.79 Å². The average molecular weight is 298 g/mol. The van der Waals surface area contributed by atoms with Crippen LogP contribution in [0.5, 0.6) is 0 Å². The van der Waals surface area contributed by atoms with Crippen molar-refractivity contribution in [3.63, 3.8) is 0 Å². The van der Waals surface area contributed by atoms with Crippen LogP contribution in [0.25, 0.3) is 0 Å². The zero-order valence-corrected chi connectivity index (χ0v) is 12.6. The van der Waals surface area contributed by atoms with E-state index in [2.05, 4.69) is 16.0 Å². The van der Waals surface area contributed by atoms with E-state index in [1.165, 1.54) is 0 Å². The number of rotatable bonds is 5. The van der Waals surface area contributed by atoms with E-state index in [-0.39, 0.29) is 18.0 Å². The van der Waals surface area contributed by atoms with Crippen LogP contribution >= 0.6 is 11.6 Å². The maximum atomic E-state index is 11.8. The second kappa shape index (κ2) is 7.75. The predicted octanol–water partition coefficient (Wildman–Crippen LogP) is 2.22. The van der Waals surface area contributed by atoms with Gasteiger partial charge in [-0.1, -0.05) is 23.7 Å². The summed E-state index contributed by atoms with van der Waals surface area (Å²) >= 11 is 5.81. The largest absolute Gasteiger partial charge is 0.355 e. The fourth-order valence-electron chi connectivity index (χ4n) is 1.66. The molecule has 0 bridgehead atoms. The van der Waals surface area contributed by atoms with Crippen molar-refractivity contribution in [2.45, 2.75) is 32.9 Å². The Balaban J connectivity index is 2.49. The van der Waals surface area contributed by atoms with Crippen LogP contribution in [0.2, 0.25) is 5.02 Å². The first-order valence-corrected chi connectivity index (χ1v) is 6.92. The monoisotopic (exact) mass is 297 g/mol. The predicted molar refractivity (Wildman–Crippen MR) is 79.7 cm³/mol. The van der Waals surface area contributed by atoms with Gasteiger partial charge in [-0.15, -0.1) is 0 Å². The number of carbonyl (C=O) groups is 2. The number of nitrogens with one attached hydrogen (secondary N) is 3. The molecule has 0 fully saturated rings. The summed E-state index contributed by atoms with van der Waals surface area (Å²) in [5, 5.41) is 8.65. The third kappa shape index (κ3) is 5.09. The van der Waals surface area contributed by atoms with Crippen molar-refractivity contribution in [1.29, 1.82) is 0 Å². The van der Waals surface area contributed by atoms with Gasteiger partial charge < -0.3 is 16.0 Å². The van der Waals surface area contributed by atoms with Gasteiger partial charge in [0.25, 0.3) is 0 Å². The van der Waals surface area contributed by atoms with Crippen LogP contribution in [0.1, 0.15) is 32.4 Å². The Morgan fingerprint density at radius 2 is 1.75 bits per heavy atom. The molecule has 0 aliphatic heterocycles. The summed E-state index contributed by atoms with van der Waals surface area (Å²) in [6.45, 7) is 5.86. The Kier molecular flexibility index (Phi) is 6.31. The molecular weight excluding hydrogens is 278 g/mol. The molecule has 110 valence electrons. The van der Waals surface area contributed by atoms with Crippen molar-refractivity contribution >= 4 is 23.5 Å². The van der Waals surface area contributed by atoms with Crippen molar-refractivity contribution in [2.75, 3.05) is 6.54 Å². The van der Waals surface area contributed by atoms with Crippen molar-refractivity contribution in [1.82, 2.24) is 16.0 Å². The third-order valence-electron chi connectivity index (χ3n) is 2.81. The minimum Gasteiger partial charge on any atom is -0.355 e. The molecule has 20 heavy (non-hydrogen) atoms. The van der Waals surface area contributed by atoms with Crippen molar-refractivity contribution in [3.8, 4) is 0 Å². The standard InChI is InChI=1S/C14H20ClN3O2/c1-4-16-13(19)10(3)18-14(20)17-9(2)11-5-7-12(15)8-6-11/h5-10H,4H2,1-3H3,(H,16,19)(H2,17,18,20)/t9-,10+/m0/s1. The molecule has 6 heteroatoms. The lowest BCUT2D eigenvalue weighted by molar-refractivity contribution is -0.122. The summed E-state index contributed by atoms with van der Waals surface area (Å²) in [5.41, 5.74) is 0.940. The zero-order valence-electron chi connectivity index (χ0n) is 11.9. The molecular formula is C14H20ClN3O2. The Labute approximate surface area is 124 Å². The molecule has 5 nitrogen and oxygen atoms in total. The smallest absolute Gasteiger partial charge is 0.315 e. The summed E-state index contributed by atoms with van der Waals surface area (Å²) in [4.78, 5) is 23.3. The van der Waals surface area contributed by atoms with E-state index >= 15 is 0 Å². The fourth-order valence-corrected chi connectivity index (χ4v) is 1.79. The summed E-state index contributed by atoms with van der Waals surface area (Å²) in [6.07, 6.45) is 0. The highest BCUT2D eigenvalue weighted by Crippen LogP contribution is 2.15. The molecule has 0 radical (unpaired) electrons. The highest BCUT2D eigenvalue weighted by Gasteiger charge is 2.16. The lowest BCUT2D eigenvalue weighted by atomic mass is 10.1. The van der Waals surface area contributed by atoms with Crippen LogP contribution in [0.3, 0.4) is 0 Å². The molecule has 0 aliphatic carbocycles. The first kappa shape index (κ1) is 16.3. The molecule has 0 saturated carbocycles. The molecule has 0 unspecified atom stereocenters. The van der Waals surface area contributed by atoms with E-state index in [1.54, 1.807) is 19.1 Å². The second-order valence-electron chi connectivity index (χ2n) is 4.51. The number of carbonyl (C=O) groups excluding carboxylic acids is 2. The number of hydrogen-bond acceptors (Lipinski definition) is 2. The maximum absolute atomic E-state index is 11.8. The number of amides is 3. The van der Waals surface area contributed by atoms with E-state index in [0.717, 1.165) is 5.56 Å². The minimum absolute atomic E-state index is 0.172. The van der Waals surface area contributed by atoms with E-state index in [4.69, 9.17) is 11.6 Å². The molecule has 3 amide bonds. The lowest BCUT2D eigenvalue weighted by Gasteiger charge is -2.18. The Hall–Kier alpha value is -1.75. The molecule has 3 N–H and O–H groups in total. The van der Waals surface area contributed by atoms with Gasteiger partial charge in [0.05, 0.1) is 6.04 Å². The molecule has 1 rings (SSSR count). The van der Waals surface area contributed by atoms with Gasteiger partial charge >= 0.3 is 6.03 Å². The summed E-state index contributed by atoms with van der Waals surface area (Å²) in [6, 6.07) is 6.10. The third-order valence-corrected chi connectivity index (χ3v) is 3.06. The fraction of sp³-hybridized carbons (Fsp3) is 0.429. The number of hydrogen-bond donors (Lipinski definition) is 3. The van der Waals surface area contributed by atoms with E-state index in [9.17, 15) is 9.59 Å². The van der Waals surface area contributed by atoms with Gasteiger partial charge in [0.1, 0.15) is 6.04 Å². The van der Waals surface area contributed by atoms with E-state index in [1.807, 2.05) is 26.0 Å². The summed E-state index contributed by atoms with van der Waals surface area (Å²) < 4.78 is 0. The quantitative estimate of drug-likeness (QED) is 0.780. The normalized spacial score (nSPS) is 13.2. The maximum Gasteiger partial charge on any atom is 0.315 e. The summed E-state index contributed by atoms with van der Waals surface area (Å²) in [5.74, 6) is -0.207. The zero-order chi connectivity index (χ0) is 15.1. The molecule has 0 aromatic heterocycles. The van der Waals surface area contributed by atoms with Gasteiger partial charge in [0, 0.05) is 11.6 Å². The number of benzene rings is 1. The first-order chi connectivity index (χ1) is 9.43. The van der Waals surface area contributed by atoms with Crippen LogP contribution < -0.4 is 16.0 Å². The van der Waals surface area contributed by atoms with Crippen LogP contribution in [0.4, 0.5) is 4.79 Å². The average Bonchev–Trinajstić information content (AvgIpc) is 2.39. The van der Waals surface area contributed by atoms with Gasteiger partial charge in [-0.25, -0.2) is 4.79 Å². The molecule has 1 aromatic carbocycles. The highest BCUT2D eigenvalue weighted by molar-refractivity contribution is 6.30. The Morgan fingerprint density at radius 1 is 1.15 bits per heavy atom. The Morgan fingerprint density at radius 3 is 2.30 bits per heavy atom. The van der Waals surface area contributed by atoms with E-state index < -0.39 is 6.04 Å². The van der Waals surface area contributed by atoms with Crippen LogP contribution in [-0.2, 0) is 4.79 Å². The molecule has 1 aromatic rings. The van der Waals surface area contributed by atoms with Crippen LogP contribution in [0.15, 0.2) is 24.3 Å². The Bertz CT molecular complexity index is 462. The highest BCUT2D eigenvalue weighted by atomic mass is 35.5. The number of urea groups is 1. The van der Waals surface area contributed by atoms with E-state index in [0.29, 0.717) is 11.6 Å². The van der Waals surface area contributed by atoms with Gasteiger partial charge in [-0.05, 0) is 38.5 Å². The van der Waals surface area contributed by atoms with Crippen molar-refractivity contribution in [3.05, 3.63) is 34.9 Å². The minimum atomic E-state index is -0.577. The van der Waals surface area contributed by atoms with Gasteiger partial charge in [0.15, 0.2) is 0 Å². The van der Waals surface area contributed by atoms with Gasteiger partial charge in [-0.2, -0.15) is 0 Å². The molecule has 0 saturated heterocycles. The summed E-state index contributed by atoms with van der Waals surface area (Å²) in [7, 11) is 0. The molecule has 2 atom stereocenters. The molecule has 0 heterocycles. The number of likely N-dealkylation sites (N-methyl/N-ethyl adjacent to an activating group) is 1. The first-order valence-electron chi connectivity index (χ1n) is 6.54. The second-order valence-corrected chi connectivity index (χ2v) is 4.94. The van der Waals surface area contributed by atoms with Gasteiger partial charge in [0.2, 0.25) is 5.91 Å². The van der Waals surface area contributed by atoms with Crippen LogP contribution in [-0.4, -0.2) is 24.5 Å². The van der Waals surface area contributed by atoms with Crippen molar-refractivity contribution in [2.24, 2.45) is 0 Å². The lowest BCUT2D eigenvalue weighted by Crippen LogP contribution is -2.48. The molecule has 0 spiro atoms. The van der Waals surface area contributed by atoms with Crippen molar-refractivity contribution < 1.29 is 9.59 Å². The van der Waals surface area contributed by atoms with Crippen LogP contribution in [0, 0.1) is 0 Å². The molecule has 0 aliphatic rings. The SMILES string of the molecule is CCNC(=O)[C@@H](C)NC(=O)N[C@@H](C)c1ccc(Cl)cc1.